The van der Waals surface area contributed by atoms with Gasteiger partial charge in [0.2, 0.25) is 0 Å². The predicted octanol–water partition coefficient (Wildman–Crippen LogP) is 5.76. The van der Waals surface area contributed by atoms with Crippen LogP contribution in [-0.4, -0.2) is 72.3 Å². The number of thiazole rings is 1. The van der Waals surface area contributed by atoms with Gasteiger partial charge in [-0.25, -0.2) is 13.4 Å². The van der Waals surface area contributed by atoms with Gasteiger partial charge in [-0.3, -0.25) is 9.69 Å². The third kappa shape index (κ3) is 5.97. The summed E-state index contributed by atoms with van der Waals surface area (Å²) in [6.45, 7) is 6.71. The molecule has 3 aromatic rings. The molecule has 40 heavy (non-hydrogen) atoms. The molecule has 1 aromatic heterocycles. The molecule has 1 aliphatic heterocycles. The molecule has 1 saturated heterocycles. The van der Waals surface area contributed by atoms with E-state index < -0.39 is 26.9 Å². The van der Waals surface area contributed by atoms with Crippen molar-refractivity contribution in [3.05, 3.63) is 42.5 Å². The zero-order valence-electron chi connectivity index (χ0n) is 22.5. The number of ether oxygens (including phenoxy) is 2. The summed E-state index contributed by atoms with van der Waals surface area (Å²) in [6.07, 6.45) is -4.46. The van der Waals surface area contributed by atoms with Crippen molar-refractivity contribution in [3.8, 4) is 16.3 Å². The molecule has 0 saturated carbocycles. The van der Waals surface area contributed by atoms with E-state index in [0.29, 0.717) is 40.4 Å². The maximum absolute atomic E-state index is 14.0. The molecule has 8 nitrogen and oxygen atoms in total. The van der Waals surface area contributed by atoms with Gasteiger partial charge in [-0.2, -0.15) is 0 Å². The van der Waals surface area contributed by atoms with Crippen molar-refractivity contribution < 1.29 is 41.0 Å². The Morgan fingerprint density at radius 1 is 1.18 bits per heavy atom. The van der Waals surface area contributed by atoms with Gasteiger partial charge >= 0.3 is 12.3 Å². The van der Waals surface area contributed by atoms with Crippen LogP contribution in [0.15, 0.2) is 47.4 Å². The van der Waals surface area contributed by atoms with Gasteiger partial charge in [0, 0.05) is 37.4 Å². The van der Waals surface area contributed by atoms with E-state index in [1.54, 1.807) is 7.11 Å². The number of carboxylic acids is 1. The van der Waals surface area contributed by atoms with Crippen molar-refractivity contribution in [1.82, 2.24) is 9.88 Å². The minimum Gasteiger partial charge on any atom is -0.480 e. The van der Waals surface area contributed by atoms with Gasteiger partial charge in [0.15, 0.2) is 14.6 Å². The molecule has 1 fully saturated rings. The molecule has 0 bridgehead atoms. The number of carbonyl (C=O) groups is 1. The number of aromatic nitrogens is 1. The minimum absolute atomic E-state index is 0.0657. The fourth-order valence-electron chi connectivity index (χ4n) is 5.25. The van der Waals surface area contributed by atoms with Gasteiger partial charge in [0.25, 0.3) is 0 Å². The highest BCUT2D eigenvalue weighted by molar-refractivity contribution is 7.93. The molecule has 1 N–H and O–H groups in total. The SMILES string of the molecule is COCCC1CC(C(=O)O)(S(=O)(=O)c2ccc3nc(-c4ccc(OC(F)(F)F)cc4)sc3c2)CCN1C(C)(C)C. The first-order chi connectivity index (χ1) is 18.6. The van der Waals surface area contributed by atoms with E-state index in [4.69, 9.17) is 4.74 Å². The molecule has 0 radical (unpaired) electrons. The average Bonchev–Trinajstić information content (AvgIpc) is 3.29. The first-order valence-electron chi connectivity index (χ1n) is 12.6. The second-order valence-corrected chi connectivity index (χ2v) is 14.1. The Labute approximate surface area is 234 Å². The number of hydrogen-bond acceptors (Lipinski definition) is 8. The molecule has 4 rings (SSSR count). The highest BCUT2D eigenvalue weighted by Crippen LogP contribution is 2.42. The normalized spacial score (nSPS) is 21.0. The summed E-state index contributed by atoms with van der Waals surface area (Å²) in [5, 5.41) is 10.8. The van der Waals surface area contributed by atoms with Crippen molar-refractivity contribution in [2.24, 2.45) is 0 Å². The zero-order chi connectivity index (χ0) is 29.5. The van der Waals surface area contributed by atoms with Crippen LogP contribution in [0, 0.1) is 0 Å². The Kier molecular flexibility index (Phi) is 8.25. The summed E-state index contributed by atoms with van der Waals surface area (Å²) in [4.78, 5) is 19.2. The first kappa shape index (κ1) is 30.2. The van der Waals surface area contributed by atoms with Crippen LogP contribution < -0.4 is 4.74 Å². The molecular weight excluding hydrogens is 569 g/mol. The third-order valence-electron chi connectivity index (χ3n) is 7.19. The topological polar surface area (TPSA) is 106 Å². The first-order valence-corrected chi connectivity index (χ1v) is 14.9. The predicted molar refractivity (Wildman–Crippen MR) is 145 cm³/mol. The second-order valence-electron chi connectivity index (χ2n) is 10.8. The second kappa shape index (κ2) is 10.9. The smallest absolute Gasteiger partial charge is 0.480 e. The number of aliphatic carboxylic acids is 1. The third-order valence-corrected chi connectivity index (χ3v) is 10.7. The number of methoxy groups -OCH3 is 1. The molecular formula is C27H31F3N2O6S2. The molecule has 0 aliphatic carbocycles. The molecule has 0 amide bonds. The number of halogens is 3. The molecule has 2 atom stereocenters. The summed E-state index contributed by atoms with van der Waals surface area (Å²) < 4.78 is 73.1. The van der Waals surface area contributed by atoms with Crippen LogP contribution in [-0.2, 0) is 19.4 Å². The number of sulfone groups is 1. The van der Waals surface area contributed by atoms with E-state index in [9.17, 15) is 31.5 Å². The van der Waals surface area contributed by atoms with Gasteiger partial charge < -0.3 is 14.6 Å². The Hall–Kier alpha value is -2.74. The van der Waals surface area contributed by atoms with Crippen molar-refractivity contribution in [2.45, 2.75) is 67.6 Å². The Bertz CT molecular complexity index is 1480. The van der Waals surface area contributed by atoms with Gasteiger partial charge in [-0.05, 0) is 82.5 Å². The Morgan fingerprint density at radius 3 is 2.42 bits per heavy atom. The Balaban J connectivity index is 1.68. The van der Waals surface area contributed by atoms with E-state index in [1.165, 1.54) is 42.5 Å². The van der Waals surface area contributed by atoms with Crippen molar-refractivity contribution in [1.29, 1.82) is 0 Å². The van der Waals surface area contributed by atoms with Gasteiger partial charge in [0.05, 0.1) is 15.1 Å². The van der Waals surface area contributed by atoms with Crippen LogP contribution in [0.5, 0.6) is 5.75 Å². The summed E-state index contributed by atoms with van der Waals surface area (Å²) in [7, 11) is -2.78. The molecule has 0 spiro atoms. The van der Waals surface area contributed by atoms with Gasteiger partial charge in [-0.1, -0.05) is 0 Å². The number of alkyl halides is 3. The monoisotopic (exact) mass is 600 g/mol. The Morgan fingerprint density at radius 2 is 1.85 bits per heavy atom. The maximum atomic E-state index is 14.0. The van der Waals surface area contributed by atoms with Crippen LogP contribution in [0.2, 0.25) is 0 Å². The summed E-state index contributed by atoms with van der Waals surface area (Å²) in [6, 6.07) is 9.20. The number of benzene rings is 2. The lowest BCUT2D eigenvalue weighted by molar-refractivity contribution is -0.274. The molecule has 2 heterocycles. The van der Waals surface area contributed by atoms with E-state index in [1.807, 2.05) is 20.8 Å². The van der Waals surface area contributed by atoms with Crippen molar-refractivity contribution >= 4 is 37.4 Å². The number of hydrogen-bond donors (Lipinski definition) is 1. The number of carboxylic acid groups (broad SMARTS) is 1. The highest BCUT2D eigenvalue weighted by Gasteiger charge is 2.56. The van der Waals surface area contributed by atoms with Crippen LogP contribution >= 0.6 is 11.3 Å². The number of likely N-dealkylation sites (tertiary alicyclic amines) is 1. The largest absolute Gasteiger partial charge is 0.573 e. The number of rotatable bonds is 8. The standard InChI is InChI=1S/C27H31F3N2O6S2/c1-25(2,3)32-13-12-26(24(33)34,16-18(32)11-14-37-4)40(35,36)20-9-10-21-22(15-20)39-23(31-21)17-5-7-19(8-6-17)38-27(28,29)30/h5-10,15,18H,11-14,16H2,1-4H3,(H,33,34). The number of piperidine rings is 1. The van der Waals surface area contributed by atoms with Gasteiger partial charge in [0.1, 0.15) is 10.8 Å². The number of fused-ring (bicyclic) bond motifs is 1. The fourth-order valence-corrected chi connectivity index (χ4v) is 8.30. The van der Waals surface area contributed by atoms with Crippen LogP contribution in [0.4, 0.5) is 13.2 Å². The van der Waals surface area contributed by atoms with Crippen LogP contribution in [0.25, 0.3) is 20.8 Å². The minimum atomic E-state index is -4.81. The van der Waals surface area contributed by atoms with E-state index in [2.05, 4.69) is 14.6 Å². The molecule has 2 unspecified atom stereocenters. The van der Waals surface area contributed by atoms with Crippen molar-refractivity contribution in [2.75, 3.05) is 20.3 Å². The lowest BCUT2D eigenvalue weighted by Gasteiger charge is -2.49. The molecule has 2 aromatic carbocycles. The molecule has 218 valence electrons. The lowest BCUT2D eigenvalue weighted by atomic mass is 9.85. The quantitative estimate of drug-likeness (QED) is 0.348. The summed E-state index contributed by atoms with van der Waals surface area (Å²) in [5.41, 5.74) is 0.721. The number of nitrogens with zero attached hydrogens (tertiary/aromatic N) is 2. The van der Waals surface area contributed by atoms with Gasteiger partial charge in [-0.15, -0.1) is 24.5 Å². The fraction of sp³-hybridized carbons (Fsp3) is 0.481. The van der Waals surface area contributed by atoms with E-state index in [0.717, 1.165) is 11.3 Å². The van der Waals surface area contributed by atoms with E-state index >= 15 is 0 Å². The average molecular weight is 601 g/mol. The summed E-state index contributed by atoms with van der Waals surface area (Å²) in [5.74, 6) is -1.75. The highest BCUT2D eigenvalue weighted by atomic mass is 32.2. The molecule has 1 aliphatic rings. The van der Waals surface area contributed by atoms with Crippen molar-refractivity contribution in [3.63, 3.8) is 0 Å². The van der Waals surface area contributed by atoms with Crippen LogP contribution in [0.1, 0.15) is 40.0 Å². The molecule has 13 heteroatoms. The van der Waals surface area contributed by atoms with Crippen LogP contribution in [0.3, 0.4) is 0 Å². The zero-order valence-corrected chi connectivity index (χ0v) is 24.1. The summed E-state index contributed by atoms with van der Waals surface area (Å²) >= 11 is 1.16. The van der Waals surface area contributed by atoms with E-state index in [-0.39, 0.29) is 35.1 Å². The maximum Gasteiger partial charge on any atom is 0.573 e. The lowest BCUT2D eigenvalue weighted by Crippen LogP contribution is -2.61.